The fourth-order valence-corrected chi connectivity index (χ4v) is 3.46. The van der Waals surface area contributed by atoms with Crippen LogP contribution in [0.4, 0.5) is 13.6 Å². The van der Waals surface area contributed by atoms with E-state index in [-0.39, 0.29) is 18.1 Å². The number of hydrogen-bond acceptors (Lipinski definition) is 2. The van der Waals surface area contributed by atoms with Crippen LogP contribution in [0.25, 0.3) is 0 Å². The van der Waals surface area contributed by atoms with Gasteiger partial charge in [0.1, 0.15) is 11.6 Å². The number of carbonyl (C=O) groups excluding carboxylic acids is 1. The minimum absolute atomic E-state index is 0.00698. The molecule has 6 heteroatoms. The van der Waals surface area contributed by atoms with Crippen molar-refractivity contribution in [2.45, 2.75) is 31.8 Å². The van der Waals surface area contributed by atoms with Gasteiger partial charge in [0.15, 0.2) is 0 Å². The maximum Gasteiger partial charge on any atom is 0.317 e. The van der Waals surface area contributed by atoms with Crippen LogP contribution in [0, 0.1) is 11.6 Å². The second kappa shape index (κ2) is 6.20. The zero-order valence-corrected chi connectivity index (χ0v) is 12.7. The van der Waals surface area contributed by atoms with Gasteiger partial charge in [-0.3, -0.25) is 4.90 Å². The van der Waals surface area contributed by atoms with Crippen LogP contribution in [0.15, 0.2) is 18.2 Å². The average Bonchev–Trinajstić information content (AvgIpc) is 2.93. The molecule has 0 spiro atoms. The fourth-order valence-electron chi connectivity index (χ4n) is 3.46. The summed E-state index contributed by atoms with van der Waals surface area (Å²) in [6.07, 6.45) is 1.95. The predicted molar refractivity (Wildman–Crippen MR) is 79.5 cm³/mol. The molecule has 0 aromatic heterocycles. The number of carbonyl (C=O) groups is 1. The van der Waals surface area contributed by atoms with E-state index in [1.54, 1.807) is 0 Å². The molecule has 22 heavy (non-hydrogen) atoms. The van der Waals surface area contributed by atoms with Crippen molar-refractivity contribution in [3.63, 3.8) is 0 Å². The number of hydrogen-bond donors (Lipinski definition) is 1. The molecule has 2 aliphatic rings. The zero-order valence-electron chi connectivity index (χ0n) is 12.7. The summed E-state index contributed by atoms with van der Waals surface area (Å²) in [7, 11) is 0. The standard InChI is InChI=1S/C16H21F2N3O/c1-11(14-5-4-12(17)9-15(14)18)20-7-2-3-13(10-20)21-8-6-19-16(21)22/h4-5,9,11,13H,2-3,6-8,10H2,1H3,(H,19,22)/t11-,13-/m0/s1. The first-order valence-corrected chi connectivity index (χ1v) is 7.79. The lowest BCUT2D eigenvalue weighted by Gasteiger charge is -2.40. The van der Waals surface area contributed by atoms with E-state index in [4.69, 9.17) is 0 Å². The Labute approximate surface area is 129 Å². The highest BCUT2D eigenvalue weighted by Gasteiger charge is 2.33. The van der Waals surface area contributed by atoms with Crippen LogP contribution in [0.5, 0.6) is 0 Å². The fraction of sp³-hybridized carbons (Fsp3) is 0.562. The van der Waals surface area contributed by atoms with Gasteiger partial charge in [-0.15, -0.1) is 0 Å². The molecule has 0 unspecified atom stereocenters. The highest BCUT2D eigenvalue weighted by molar-refractivity contribution is 5.76. The molecule has 1 N–H and O–H groups in total. The van der Waals surface area contributed by atoms with Gasteiger partial charge in [-0.25, -0.2) is 13.6 Å². The second-order valence-corrected chi connectivity index (χ2v) is 6.06. The molecule has 0 aliphatic carbocycles. The van der Waals surface area contributed by atoms with Crippen LogP contribution in [0.3, 0.4) is 0 Å². The number of nitrogens with one attached hydrogen (secondary N) is 1. The highest BCUT2D eigenvalue weighted by atomic mass is 19.1. The third-order valence-electron chi connectivity index (χ3n) is 4.72. The lowest BCUT2D eigenvalue weighted by atomic mass is 9.99. The summed E-state index contributed by atoms with van der Waals surface area (Å²) in [5, 5.41) is 2.82. The van der Waals surface area contributed by atoms with Crippen molar-refractivity contribution in [1.82, 2.24) is 15.1 Å². The van der Waals surface area contributed by atoms with Crippen LogP contribution in [0.2, 0.25) is 0 Å². The molecule has 0 radical (unpaired) electrons. The van der Waals surface area contributed by atoms with E-state index in [1.165, 1.54) is 12.1 Å². The quantitative estimate of drug-likeness (QED) is 0.931. The van der Waals surface area contributed by atoms with Gasteiger partial charge in [-0.05, 0) is 32.4 Å². The number of nitrogens with zero attached hydrogens (tertiary/aromatic N) is 2. The Balaban J connectivity index is 1.72. The van der Waals surface area contributed by atoms with Crippen LogP contribution in [-0.2, 0) is 0 Å². The largest absolute Gasteiger partial charge is 0.336 e. The maximum atomic E-state index is 14.0. The topological polar surface area (TPSA) is 35.6 Å². The molecule has 3 rings (SSSR count). The van der Waals surface area contributed by atoms with Gasteiger partial charge in [-0.2, -0.15) is 0 Å². The lowest BCUT2D eigenvalue weighted by Crippen LogP contribution is -2.49. The van der Waals surface area contributed by atoms with Crippen molar-refractivity contribution in [2.75, 3.05) is 26.2 Å². The van der Waals surface area contributed by atoms with Gasteiger partial charge in [0.25, 0.3) is 0 Å². The molecule has 4 nitrogen and oxygen atoms in total. The third-order valence-corrected chi connectivity index (χ3v) is 4.72. The summed E-state index contributed by atoms with van der Waals surface area (Å²) in [5.74, 6) is -1.06. The Morgan fingerprint density at radius 3 is 2.82 bits per heavy atom. The van der Waals surface area contributed by atoms with Crippen molar-refractivity contribution >= 4 is 6.03 Å². The van der Waals surface area contributed by atoms with Crippen LogP contribution >= 0.6 is 0 Å². The van der Waals surface area contributed by atoms with Crippen LogP contribution < -0.4 is 5.32 Å². The number of urea groups is 1. The Bertz CT molecular complexity index is 566. The Kier molecular flexibility index (Phi) is 4.29. The van der Waals surface area contributed by atoms with E-state index in [0.717, 1.165) is 38.5 Å². The summed E-state index contributed by atoms with van der Waals surface area (Å²) in [5.41, 5.74) is 0.507. The first kappa shape index (κ1) is 15.2. The summed E-state index contributed by atoms with van der Waals surface area (Å²) in [4.78, 5) is 15.9. The van der Waals surface area contributed by atoms with Gasteiger partial charge >= 0.3 is 6.03 Å². The van der Waals surface area contributed by atoms with Crippen molar-refractivity contribution in [2.24, 2.45) is 0 Å². The number of likely N-dealkylation sites (tertiary alicyclic amines) is 1. The Hall–Kier alpha value is -1.69. The Morgan fingerprint density at radius 2 is 2.14 bits per heavy atom. The molecule has 1 aromatic carbocycles. The molecular formula is C16H21F2N3O. The number of halogens is 2. The van der Waals surface area contributed by atoms with Crippen molar-refractivity contribution in [3.05, 3.63) is 35.4 Å². The molecule has 120 valence electrons. The molecule has 2 saturated heterocycles. The SMILES string of the molecule is C[C@@H](c1ccc(F)cc1F)N1CCC[C@H](N2CCNC2=O)C1. The first-order valence-electron chi connectivity index (χ1n) is 7.79. The maximum absolute atomic E-state index is 14.0. The monoisotopic (exact) mass is 309 g/mol. The zero-order chi connectivity index (χ0) is 15.7. The van der Waals surface area contributed by atoms with E-state index in [9.17, 15) is 13.6 Å². The van der Waals surface area contributed by atoms with Gasteiger partial charge < -0.3 is 10.2 Å². The van der Waals surface area contributed by atoms with Crippen LogP contribution in [-0.4, -0.2) is 48.1 Å². The number of rotatable bonds is 3. The van der Waals surface area contributed by atoms with E-state index in [2.05, 4.69) is 10.2 Å². The van der Waals surface area contributed by atoms with Gasteiger partial charge in [0.05, 0.1) is 0 Å². The summed E-state index contributed by atoms with van der Waals surface area (Å²) in [6.45, 7) is 4.95. The van der Waals surface area contributed by atoms with E-state index < -0.39 is 11.6 Å². The van der Waals surface area contributed by atoms with Crippen molar-refractivity contribution < 1.29 is 13.6 Å². The smallest absolute Gasteiger partial charge is 0.317 e. The lowest BCUT2D eigenvalue weighted by molar-refractivity contribution is 0.0988. The van der Waals surface area contributed by atoms with Gasteiger partial charge in [0.2, 0.25) is 0 Å². The van der Waals surface area contributed by atoms with Gasteiger partial charge in [0, 0.05) is 43.3 Å². The highest BCUT2D eigenvalue weighted by Crippen LogP contribution is 2.28. The van der Waals surface area contributed by atoms with Crippen molar-refractivity contribution in [1.29, 1.82) is 0 Å². The molecule has 0 saturated carbocycles. The number of piperidine rings is 1. The number of benzene rings is 1. The minimum Gasteiger partial charge on any atom is -0.336 e. The minimum atomic E-state index is -0.557. The van der Waals surface area contributed by atoms with E-state index >= 15 is 0 Å². The van der Waals surface area contributed by atoms with Gasteiger partial charge in [-0.1, -0.05) is 6.07 Å². The van der Waals surface area contributed by atoms with Crippen LogP contribution in [0.1, 0.15) is 31.4 Å². The molecule has 1 aromatic rings. The van der Waals surface area contributed by atoms with Crippen molar-refractivity contribution in [3.8, 4) is 0 Å². The molecule has 2 heterocycles. The summed E-state index contributed by atoms with van der Waals surface area (Å²) >= 11 is 0. The summed E-state index contributed by atoms with van der Waals surface area (Å²) in [6, 6.07) is 3.77. The molecule has 2 atom stereocenters. The number of amides is 2. The molecule has 2 aliphatic heterocycles. The predicted octanol–water partition coefficient (Wildman–Crippen LogP) is 2.52. The molecule has 0 bridgehead atoms. The second-order valence-electron chi connectivity index (χ2n) is 6.06. The molecule has 2 amide bonds. The molecular weight excluding hydrogens is 288 g/mol. The average molecular weight is 309 g/mol. The normalized spacial score (nSPS) is 24.4. The van der Waals surface area contributed by atoms with E-state index in [1.807, 2.05) is 11.8 Å². The summed E-state index contributed by atoms with van der Waals surface area (Å²) < 4.78 is 27.0. The third kappa shape index (κ3) is 2.92. The Morgan fingerprint density at radius 1 is 1.32 bits per heavy atom. The van der Waals surface area contributed by atoms with E-state index in [0.29, 0.717) is 12.1 Å². The molecule has 2 fully saturated rings. The first-order chi connectivity index (χ1) is 10.6.